The van der Waals surface area contributed by atoms with Gasteiger partial charge in [-0.15, -0.1) is 0 Å². The molecule has 1 aromatic carbocycles. The smallest absolute Gasteiger partial charge is 0.124 e. The second kappa shape index (κ2) is 5.72. The fourth-order valence-electron chi connectivity index (χ4n) is 2.38. The van der Waals surface area contributed by atoms with E-state index in [-0.39, 0.29) is 6.10 Å². The molecular formula is C15H23NO2. The summed E-state index contributed by atoms with van der Waals surface area (Å²) < 4.78 is 5.34. The standard InChI is InChI=1S/C15H23NO2/c1-10-8-12(9-11(2)15(10)18-3)14(17)6-7-16-13-4-5-13/h8-9,13-14,16-17H,4-7H2,1-3H3. The molecule has 18 heavy (non-hydrogen) atoms. The molecule has 2 rings (SSSR count). The molecule has 3 nitrogen and oxygen atoms in total. The lowest BCUT2D eigenvalue weighted by atomic mass is 10.00. The fraction of sp³-hybridized carbons (Fsp3) is 0.600. The zero-order valence-corrected chi connectivity index (χ0v) is 11.5. The average molecular weight is 249 g/mol. The van der Waals surface area contributed by atoms with E-state index in [0.29, 0.717) is 6.04 Å². The predicted octanol–water partition coefficient (Wildman–Crippen LogP) is 2.49. The number of rotatable bonds is 6. The molecule has 1 aliphatic carbocycles. The van der Waals surface area contributed by atoms with E-state index < -0.39 is 0 Å². The first kappa shape index (κ1) is 13.4. The van der Waals surface area contributed by atoms with Crippen LogP contribution in [0.1, 0.15) is 42.1 Å². The third kappa shape index (κ3) is 3.24. The zero-order chi connectivity index (χ0) is 13.1. The van der Waals surface area contributed by atoms with E-state index in [4.69, 9.17) is 4.74 Å². The Balaban J connectivity index is 1.97. The summed E-state index contributed by atoms with van der Waals surface area (Å²) in [4.78, 5) is 0. The quantitative estimate of drug-likeness (QED) is 0.814. The van der Waals surface area contributed by atoms with Crippen molar-refractivity contribution in [3.63, 3.8) is 0 Å². The molecule has 100 valence electrons. The Morgan fingerprint density at radius 3 is 2.44 bits per heavy atom. The highest BCUT2D eigenvalue weighted by Crippen LogP contribution is 2.28. The van der Waals surface area contributed by atoms with Crippen LogP contribution in [0, 0.1) is 13.8 Å². The number of aliphatic hydroxyl groups is 1. The maximum absolute atomic E-state index is 10.2. The predicted molar refractivity (Wildman–Crippen MR) is 73.1 cm³/mol. The molecule has 0 amide bonds. The third-order valence-corrected chi connectivity index (χ3v) is 3.50. The molecule has 1 aliphatic rings. The minimum absolute atomic E-state index is 0.389. The molecule has 1 aromatic rings. The summed E-state index contributed by atoms with van der Waals surface area (Å²) in [5.74, 6) is 0.919. The van der Waals surface area contributed by atoms with Crippen molar-refractivity contribution in [1.29, 1.82) is 0 Å². The van der Waals surface area contributed by atoms with Crippen molar-refractivity contribution < 1.29 is 9.84 Å². The van der Waals surface area contributed by atoms with Crippen molar-refractivity contribution in [2.75, 3.05) is 13.7 Å². The Morgan fingerprint density at radius 1 is 1.33 bits per heavy atom. The number of aryl methyl sites for hydroxylation is 2. The Morgan fingerprint density at radius 2 is 1.94 bits per heavy atom. The van der Waals surface area contributed by atoms with Crippen LogP contribution in [0.4, 0.5) is 0 Å². The van der Waals surface area contributed by atoms with Crippen LogP contribution in [-0.2, 0) is 0 Å². The Kier molecular flexibility index (Phi) is 4.25. The molecule has 0 aromatic heterocycles. The van der Waals surface area contributed by atoms with Crippen LogP contribution in [0.25, 0.3) is 0 Å². The summed E-state index contributed by atoms with van der Waals surface area (Å²) in [5, 5.41) is 13.6. The Bertz CT molecular complexity index is 390. The molecule has 0 bridgehead atoms. The Hall–Kier alpha value is -1.06. The number of benzene rings is 1. The number of ether oxygens (including phenoxy) is 1. The van der Waals surface area contributed by atoms with E-state index in [1.54, 1.807) is 7.11 Å². The van der Waals surface area contributed by atoms with E-state index in [1.165, 1.54) is 12.8 Å². The highest BCUT2D eigenvalue weighted by atomic mass is 16.5. The average Bonchev–Trinajstić information content (AvgIpc) is 3.12. The second-order valence-electron chi connectivity index (χ2n) is 5.22. The van der Waals surface area contributed by atoms with Crippen LogP contribution < -0.4 is 10.1 Å². The maximum atomic E-state index is 10.2. The normalized spacial score (nSPS) is 16.7. The van der Waals surface area contributed by atoms with E-state index in [0.717, 1.165) is 35.4 Å². The van der Waals surface area contributed by atoms with Crippen LogP contribution in [0.2, 0.25) is 0 Å². The first-order valence-corrected chi connectivity index (χ1v) is 6.68. The highest BCUT2D eigenvalue weighted by Gasteiger charge is 2.20. The summed E-state index contributed by atoms with van der Waals surface area (Å²) in [6.07, 6.45) is 2.95. The van der Waals surface area contributed by atoms with Gasteiger partial charge in [-0.3, -0.25) is 0 Å². The van der Waals surface area contributed by atoms with Gasteiger partial charge in [0.1, 0.15) is 5.75 Å². The topological polar surface area (TPSA) is 41.5 Å². The van der Waals surface area contributed by atoms with Gasteiger partial charge in [0.15, 0.2) is 0 Å². The van der Waals surface area contributed by atoms with Crippen molar-refractivity contribution in [2.24, 2.45) is 0 Å². The molecule has 0 spiro atoms. The summed E-state index contributed by atoms with van der Waals surface area (Å²) in [7, 11) is 1.69. The van der Waals surface area contributed by atoms with Crippen molar-refractivity contribution >= 4 is 0 Å². The van der Waals surface area contributed by atoms with E-state index >= 15 is 0 Å². The van der Waals surface area contributed by atoms with Crippen LogP contribution in [0.5, 0.6) is 5.75 Å². The molecule has 0 saturated heterocycles. The SMILES string of the molecule is COc1c(C)cc(C(O)CCNC2CC2)cc1C. The monoisotopic (exact) mass is 249 g/mol. The summed E-state index contributed by atoms with van der Waals surface area (Å²) in [6, 6.07) is 4.75. The first-order valence-electron chi connectivity index (χ1n) is 6.68. The van der Waals surface area contributed by atoms with E-state index in [2.05, 4.69) is 5.32 Å². The van der Waals surface area contributed by atoms with Crippen LogP contribution in [-0.4, -0.2) is 24.8 Å². The number of aliphatic hydroxyl groups excluding tert-OH is 1. The highest BCUT2D eigenvalue weighted by molar-refractivity contribution is 5.43. The lowest BCUT2D eigenvalue weighted by Gasteiger charge is -2.16. The number of hydrogen-bond acceptors (Lipinski definition) is 3. The van der Waals surface area contributed by atoms with Gasteiger partial charge in [0, 0.05) is 6.04 Å². The van der Waals surface area contributed by atoms with Gasteiger partial charge in [0.25, 0.3) is 0 Å². The summed E-state index contributed by atoms with van der Waals surface area (Å²) >= 11 is 0. The lowest BCUT2D eigenvalue weighted by molar-refractivity contribution is 0.166. The summed E-state index contributed by atoms with van der Waals surface area (Å²) in [5.41, 5.74) is 3.16. The van der Waals surface area contributed by atoms with Crippen LogP contribution in [0.15, 0.2) is 12.1 Å². The molecule has 0 heterocycles. The zero-order valence-electron chi connectivity index (χ0n) is 11.5. The van der Waals surface area contributed by atoms with Gasteiger partial charge in [0.2, 0.25) is 0 Å². The molecule has 1 unspecified atom stereocenters. The van der Waals surface area contributed by atoms with Crippen molar-refractivity contribution in [1.82, 2.24) is 5.32 Å². The molecule has 1 fully saturated rings. The fourth-order valence-corrected chi connectivity index (χ4v) is 2.38. The molecule has 1 atom stereocenters. The molecule has 0 radical (unpaired) electrons. The maximum Gasteiger partial charge on any atom is 0.124 e. The number of nitrogens with one attached hydrogen (secondary N) is 1. The summed E-state index contributed by atoms with van der Waals surface area (Å²) in [6.45, 7) is 4.92. The first-order chi connectivity index (χ1) is 8.61. The van der Waals surface area contributed by atoms with Gasteiger partial charge < -0.3 is 15.2 Å². The van der Waals surface area contributed by atoms with Gasteiger partial charge in [-0.25, -0.2) is 0 Å². The lowest BCUT2D eigenvalue weighted by Crippen LogP contribution is -2.19. The minimum Gasteiger partial charge on any atom is -0.496 e. The van der Waals surface area contributed by atoms with Gasteiger partial charge >= 0.3 is 0 Å². The van der Waals surface area contributed by atoms with E-state index in [9.17, 15) is 5.11 Å². The van der Waals surface area contributed by atoms with Gasteiger partial charge in [-0.2, -0.15) is 0 Å². The molecule has 0 aliphatic heterocycles. The van der Waals surface area contributed by atoms with Gasteiger partial charge in [-0.05, 0) is 68.5 Å². The van der Waals surface area contributed by atoms with Crippen molar-refractivity contribution in [2.45, 2.75) is 45.3 Å². The van der Waals surface area contributed by atoms with Gasteiger partial charge in [-0.1, -0.05) is 0 Å². The molecular weight excluding hydrogens is 226 g/mol. The van der Waals surface area contributed by atoms with Crippen molar-refractivity contribution in [3.05, 3.63) is 28.8 Å². The van der Waals surface area contributed by atoms with E-state index in [1.807, 2.05) is 26.0 Å². The largest absolute Gasteiger partial charge is 0.496 e. The molecule has 2 N–H and O–H groups in total. The third-order valence-electron chi connectivity index (χ3n) is 3.50. The number of hydrogen-bond donors (Lipinski definition) is 2. The van der Waals surface area contributed by atoms with Crippen LogP contribution >= 0.6 is 0 Å². The number of methoxy groups -OCH3 is 1. The minimum atomic E-state index is -0.389. The second-order valence-corrected chi connectivity index (χ2v) is 5.22. The van der Waals surface area contributed by atoms with Crippen molar-refractivity contribution in [3.8, 4) is 5.75 Å². The van der Waals surface area contributed by atoms with Gasteiger partial charge in [0.05, 0.1) is 13.2 Å². The van der Waals surface area contributed by atoms with Crippen LogP contribution in [0.3, 0.4) is 0 Å². The molecule has 3 heteroatoms. The molecule has 1 saturated carbocycles. The Labute approximate surface area is 109 Å².